The molecule has 0 aliphatic rings. The van der Waals surface area contributed by atoms with Gasteiger partial charge in [0.1, 0.15) is 0 Å². The molecule has 1 unspecified atom stereocenters. The van der Waals surface area contributed by atoms with Gasteiger partial charge in [-0.3, -0.25) is 4.98 Å². The van der Waals surface area contributed by atoms with E-state index in [-0.39, 0.29) is 6.04 Å². The molecule has 0 bridgehead atoms. The number of nitrogens with zero attached hydrogens (tertiary/aromatic N) is 1. The van der Waals surface area contributed by atoms with Gasteiger partial charge in [-0.05, 0) is 31.2 Å². The van der Waals surface area contributed by atoms with E-state index in [1.54, 1.807) is 11.3 Å². The molecule has 3 heteroatoms. The monoisotopic (exact) mass is 254 g/mol. The van der Waals surface area contributed by atoms with Gasteiger partial charge in [0.2, 0.25) is 0 Å². The molecule has 1 aromatic carbocycles. The Labute approximate surface area is 110 Å². The van der Waals surface area contributed by atoms with Crippen molar-refractivity contribution in [2.45, 2.75) is 13.0 Å². The standard InChI is InChI=1S/C15H14N2S/c1-10(16)14-7-8-15(18-14)12-4-2-6-13-11(12)5-3-9-17-13/h2-10H,16H2,1H3. The number of aromatic nitrogens is 1. The maximum Gasteiger partial charge on any atom is 0.0708 e. The molecule has 1 atom stereocenters. The van der Waals surface area contributed by atoms with Gasteiger partial charge >= 0.3 is 0 Å². The summed E-state index contributed by atoms with van der Waals surface area (Å²) in [7, 11) is 0. The van der Waals surface area contributed by atoms with Gasteiger partial charge in [-0.2, -0.15) is 0 Å². The van der Waals surface area contributed by atoms with Gasteiger partial charge in [-0.1, -0.05) is 18.2 Å². The Kier molecular flexibility index (Phi) is 2.86. The fourth-order valence-corrected chi connectivity index (χ4v) is 3.06. The Morgan fingerprint density at radius 1 is 1.11 bits per heavy atom. The number of hydrogen-bond donors (Lipinski definition) is 1. The van der Waals surface area contributed by atoms with Gasteiger partial charge in [0.15, 0.2) is 0 Å². The minimum Gasteiger partial charge on any atom is -0.324 e. The minimum atomic E-state index is 0.0943. The second kappa shape index (κ2) is 4.52. The molecule has 18 heavy (non-hydrogen) atoms. The second-order valence-electron chi connectivity index (χ2n) is 4.37. The Bertz CT molecular complexity index is 680. The summed E-state index contributed by atoms with van der Waals surface area (Å²) < 4.78 is 0. The summed E-state index contributed by atoms with van der Waals surface area (Å²) in [6, 6.07) is 14.7. The number of rotatable bonds is 2. The summed E-state index contributed by atoms with van der Waals surface area (Å²) in [4.78, 5) is 6.85. The fourth-order valence-electron chi connectivity index (χ4n) is 2.06. The molecule has 0 saturated heterocycles. The average molecular weight is 254 g/mol. The summed E-state index contributed by atoms with van der Waals surface area (Å²) in [5.41, 5.74) is 8.18. The lowest BCUT2D eigenvalue weighted by Gasteiger charge is -2.03. The number of benzene rings is 1. The first-order valence-electron chi connectivity index (χ1n) is 5.95. The van der Waals surface area contributed by atoms with E-state index in [2.05, 4.69) is 35.3 Å². The molecule has 0 aliphatic heterocycles. The molecule has 0 aliphatic carbocycles. The Morgan fingerprint density at radius 2 is 2.00 bits per heavy atom. The molecule has 0 fully saturated rings. The maximum absolute atomic E-state index is 5.92. The Hall–Kier alpha value is -1.71. The van der Waals surface area contributed by atoms with Crippen LogP contribution in [0.2, 0.25) is 0 Å². The van der Waals surface area contributed by atoms with Crippen LogP contribution in [-0.4, -0.2) is 4.98 Å². The molecule has 2 N–H and O–H groups in total. The topological polar surface area (TPSA) is 38.9 Å². The SMILES string of the molecule is CC(N)c1ccc(-c2cccc3ncccc23)s1. The van der Waals surface area contributed by atoms with Crippen molar-refractivity contribution in [3.05, 3.63) is 53.5 Å². The summed E-state index contributed by atoms with van der Waals surface area (Å²) in [6.07, 6.45) is 1.83. The molecule has 2 nitrogen and oxygen atoms in total. The van der Waals surface area contributed by atoms with Gasteiger partial charge in [0.25, 0.3) is 0 Å². The predicted molar refractivity (Wildman–Crippen MR) is 77.7 cm³/mol. The van der Waals surface area contributed by atoms with Gasteiger partial charge in [-0.25, -0.2) is 0 Å². The summed E-state index contributed by atoms with van der Waals surface area (Å²) in [6.45, 7) is 2.01. The van der Waals surface area contributed by atoms with E-state index in [0.717, 1.165) is 5.52 Å². The molecule has 3 aromatic rings. The normalized spacial score (nSPS) is 12.8. The minimum absolute atomic E-state index is 0.0943. The molecule has 2 aromatic heterocycles. The Balaban J connectivity index is 2.18. The summed E-state index contributed by atoms with van der Waals surface area (Å²) in [5.74, 6) is 0. The lowest BCUT2D eigenvalue weighted by molar-refractivity contribution is 0.838. The third kappa shape index (κ3) is 1.92. The lowest BCUT2D eigenvalue weighted by Crippen LogP contribution is -2.01. The zero-order valence-electron chi connectivity index (χ0n) is 10.1. The second-order valence-corrected chi connectivity index (χ2v) is 5.48. The average Bonchev–Trinajstić information content (AvgIpc) is 2.87. The lowest BCUT2D eigenvalue weighted by atomic mass is 10.1. The van der Waals surface area contributed by atoms with Crippen LogP contribution < -0.4 is 5.73 Å². The zero-order valence-corrected chi connectivity index (χ0v) is 10.9. The third-order valence-electron chi connectivity index (χ3n) is 2.99. The van der Waals surface area contributed by atoms with E-state index in [1.807, 2.05) is 25.3 Å². The van der Waals surface area contributed by atoms with Crippen molar-refractivity contribution < 1.29 is 0 Å². The highest BCUT2D eigenvalue weighted by molar-refractivity contribution is 7.15. The van der Waals surface area contributed by atoms with Crippen LogP contribution in [0, 0.1) is 0 Å². The van der Waals surface area contributed by atoms with Crippen molar-refractivity contribution in [3.63, 3.8) is 0 Å². The van der Waals surface area contributed by atoms with Gasteiger partial charge in [0, 0.05) is 32.9 Å². The summed E-state index contributed by atoms with van der Waals surface area (Å²) >= 11 is 1.76. The van der Waals surface area contributed by atoms with E-state index in [4.69, 9.17) is 5.73 Å². The Morgan fingerprint density at radius 3 is 2.78 bits per heavy atom. The van der Waals surface area contributed by atoms with Crippen molar-refractivity contribution in [1.29, 1.82) is 0 Å². The van der Waals surface area contributed by atoms with Crippen LogP contribution in [0.1, 0.15) is 17.8 Å². The molecule has 0 amide bonds. The molecule has 90 valence electrons. The number of nitrogens with two attached hydrogens (primary N) is 1. The van der Waals surface area contributed by atoms with Crippen molar-refractivity contribution in [2.24, 2.45) is 5.73 Å². The molecular formula is C15H14N2S. The summed E-state index contributed by atoms with van der Waals surface area (Å²) in [5, 5.41) is 1.19. The van der Waals surface area contributed by atoms with Gasteiger partial charge in [0.05, 0.1) is 5.52 Å². The fraction of sp³-hybridized carbons (Fsp3) is 0.133. The van der Waals surface area contributed by atoms with Crippen molar-refractivity contribution in [1.82, 2.24) is 4.98 Å². The van der Waals surface area contributed by atoms with E-state index < -0.39 is 0 Å². The molecule has 0 spiro atoms. The molecular weight excluding hydrogens is 240 g/mol. The van der Waals surface area contributed by atoms with Crippen LogP contribution in [0.5, 0.6) is 0 Å². The quantitative estimate of drug-likeness (QED) is 0.751. The first-order valence-corrected chi connectivity index (χ1v) is 6.77. The van der Waals surface area contributed by atoms with Crippen molar-refractivity contribution in [3.8, 4) is 10.4 Å². The van der Waals surface area contributed by atoms with Crippen LogP contribution in [0.3, 0.4) is 0 Å². The zero-order chi connectivity index (χ0) is 12.5. The van der Waals surface area contributed by atoms with Gasteiger partial charge in [-0.15, -0.1) is 11.3 Å². The first kappa shape index (κ1) is 11.4. The number of fused-ring (bicyclic) bond motifs is 1. The number of pyridine rings is 1. The van der Waals surface area contributed by atoms with Crippen LogP contribution in [-0.2, 0) is 0 Å². The molecule has 2 heterocycles. The van der Waals surface area contributed by atoms with Crippen LogP contribution >= 0.6 is 11.3 Å². The van der Waals surface area contributed by atoms with E-state index in [0.29, 0.717) is 0 Å². The molecule has 0 saturated carbocycles. The van der Waals surface area contributed by atoms with Crippen LogP contribution in [0.4, 0.5) is 0 Å². The maximum atomic E-state index is 5.92. The first-order chi connectivity index (χ1) is 8.75. The van der Waals surface area contributed by atoms with Crippen molar-refractivity contribution in [2.75, 3.05) is 0 Å². The van der Waals surface area contributed by atoms with E-state index in [9.17, 15) is 0 Å². The molecule has 0 radical (unpaired) electrons. The smallest absolute Gasteiger partial charge is 0.0708 e. The highest BCUT2D eigenvalue weighted by Crippen LogP contribution is 2.34. The van der Waals surface area contributed by atoms with Crippen LogP contribution in [0.25, 0.3) is 21.3 Å². The van der Waals surface area contributed by atoms with Gasteiger partial charge < -0.3 is 5.73 Å². The largest absolute Gasteiger partial charge is 0.324 e. The predicted octanol–water partition coefficient (Wildman–Crippen LogP) is 3.98. The van der Waals surface area contributed by atoms with E-state index in [1.165, 1.54) is 20.7 Å². The third-order valence-corrected chi connectivity index (χ3v) is 4.31. The highest BCUT2D eigenvalue weighted by atomic mass is 32.1. The van der Waals surface area contributed by atoms with Crippen molar-refractivity contribution >= 4 is 22.2 Å². The van der Waals surface area contributed by atoms with Crippen LogP contribution in [0.15, 0.2) is 48.7 Å². The van der Waals surface area contributed by atoms with E-state index >= 15 is 0 Å². The molecule has 3 rings (SSSR count). The number of hydrogen-bond acceptors (Lipinski definition) is 3. The highest BCUT2D eigenvalue weighted by Gasteiger charge is 2.08. The number of thiophene rings is 1.